The van der Waals surface area contributed by atoms with Crippen LogP contribution in [0, 0.1) is 29.1 Å². The van der Waals surface area contributed by atoms with Gasteiger partial charge in [-0.1, -0.05) is 0 Å². The van der Waals surface area contributed by atoms with Crippen LogP contribution in [0.5, 0.6) is 5.75 Å². The summed E-state index contributed by atoms with van der Waals surface area (Å²) < 4.78 is 71.7. The van der Waals surface area contributed by atoms with Gasteiger partial charge in [-0.05, 0) is 34.1 Å². The van der Waals surface area contributed by atoms with E-state index in [9.17, 15) is 36.3 Å². The number of hydrogen-bond donors (Lipinski definition) is 1. The SMILES string of the molecule is O=C1CCN(c2cc(C(=O)Oc3c(F)c(F)c(F)c(F)c3F)ccc2Br)C(=O)N1. The topological polar surface area (TPSA) is 75.7 Å². The van der Waals surface area contributed by atoms with Gasteiger partial charge in [0.25, 0.3) is 0 Å². The van der Waals surface area contributed by atoms with Gasteiger partial charge in [0.05, 0.1) is 11.3 Å². The molecule has 3 rings (SSSR count). The van der Waals surface area contributed by atoms with Crippen molar-refractivity contribution in [2.75, 3.05) is 11.4 Å². The van der Waals surface area contributed by atoms with E-state index in [1.165, 1.54) is 6.07 Å². The molecule has 12 heteroatoms. The molecule has 1 saturated heterocycles. The van der Waals surface area contributed by atoms with Crippen molar-refractivity contribution in [2.45, 2.75) is 6.42 Å². The third-order valence-electron chi connectivity index (χ3n) is 3.89. The Morgan fingerprint density at radius 1 is 1.00 bits per heavy atom. The Labute approximate surface area is 167 Å². The molecule has 0 radical (unpaired) electrons. The summed E-state index contributed by atoms with van der Waals surface area (Å²) in [5, 5.41) is 2.07. The number of hydrogen-bond acceptors (Lipinski definition) is 4. The Bertz CT molecular complexity index is 1030. The maximum absolute atomic E-state index is 13.7. The van der Waals surface area contributed by atoms with Crippen LogP contribution in [0.15, 0.2) is 22.7 Å². The molecule has 1 heterocycles. The quantitative estimate of drug-likeness (QED) is 0.239. The molecule has 0 aliphatic carbocycles. The number of nitrogens with one attached hydrogen (secondary N) is 1. The van der Waals surface area contributed by atoms with E-state index < -0.39 is 52.7 Å². The van der Waals surface area contributed by atoms with Gasteiger partial charge in [0.2, 0.25) is 40.7 Å². The smallest absolute Gasteiger partial charge is 0.343 e. The van der Waals surface area contributed by atoms with E-state index in [1.807, 2.05) is 0 Å². The molecule has 0 atom stereocenters. The fourth-order valence-corrected chi connectivity index (χ4v) is 2.93. The Morgan fingerprint density at radius 3 is 2.17 bits per heavy atom. The molecule has 2 aromatic rings. The summed E-state index contributed by atoms with van der Waals surface area (Å²) in [7, 11) is 0. The highest BCUT2D eigenvalue weighted by Gasteiger charge is 2.30. The highest BCUT2D eigenvalue weighted by atomic mass is 79.9. The van der Waals surface area contributed by atoms with Crippen LogP contribution in [0.3, 0.4) is 0 Å². The average Bonchev–Trinajstić information content (AvgIpc) is 2.69. The Kier molecular flexibility index (Phi) is 5.55. The molecule has 1 aliphatic rings. The molecule has 1 fully saturated rings. The highest BCUT2D eigenvalue weighted by molar-refractivity contribution is 9.10. The second-order valence-electron chi connectivity index (χ2n) is 5.71. The molecule has 0 spiro atoms. The molecule has 6 nitrogen and oxygen atoms in total. The second kappa shape index (κ2) is 7.78. The molecule has 0 aromatic heterocycles. The average molecular weight is 479 g/mol. The zero-order chi connectivity index (χ0) is 21.5. The molecule has 1 aliphatic heterocycles. The summed E-state index contributed by atoms with van der Waals surface area (Å²) in [5.41, 5.74) is -0.237. The summed E-state index contributed by atoms with van der Waals surface area (Å²) >= 11 is 3.16. The largest absolute Gasteiger partial charge is 0.416 e. The first kappa shape index (κ1) is 20.7. The number of imide groups is 1. The standard InChI is InChI=1S/C17H8BrF5N2O4/c18-7-2-1-6(5-8(7)25-4-3-9(26)24-17(25)28)16(27)29-15-13(22)11(20)10(19)12(21)14(15)23/h1-2,5H,3-4H2,(H,24,26,28). The monoisotopic (exact) mass is 478 g/mol. The molecule has 152 valence electrons. The first-order chi connectivity index (χ1) is 13.6. The lowest BCUT2D eigenvalue weighted by atomic mass is 10.1. The molecular formula is C17H8BrF5N2O4. The number of benzene rings is 2. The minimum atomic E-state index is -2.39. The van der Waals surface area contributed by atoms with E-state index in [0.717, 1.165) is 17.0 Å². The van der Waals surface area contributed by atoms with E-state index >= 15 is 0 Å². The van der Waals surface area contributed by atoms with Gasteiger partial charge in [-0.15, -0.1) is 0 Å². The lowest BCUT2D eigenvalue weighted by Gasteiger charge is -2.27. The molecule has 0 unspecified atom stereocenters. The van der Waals surface area contributed by atoms with E-state index in [0.29, 0.717) is 4.47 Å². The van der Waals surface area contributed by atoms with Gasteiger partial charge < -0.3 is 4.74 Å². The molecule has 0 saturated carbocycles. The van der Waals surface area contributed by atoms with Gasteiger partial charge in [-0.2, -0.15) is 8.78 Å². The van der Waals surface area contributed by atoms with Gasteiger partial charge >= 0.3 is 12.0 Å². The summed E-state index contributed by atoms with van der Waals surface area (Å²) in [5.74, 6) is -15.2. The third-order valence-corrected chi connectivity index (χ3v) is 4.56. The molecular weight excluding hydrogens is 471 g/mol. The van der Waals surface area contributed by atoms with Gasteiger partial charge in [-0.25, -0.2) is 22.8 Å². The lowest BCUT2D eigenvalue weighted by Crippen LogP contribution is -2.49. The van der Waals surface area contributed by atoms with Crippen LogP contribution in [-0.2, 0) is 4.79 Å². The van der Waals surface area contributed by atoms with E-state index in [2.05, 4.69) is 26.0 Å². The van der Waals surface area contributed by atoms with Gasteiger partial charge in [0, 0.05) is 17.4 Å². The number of urea groups is 1. The predicted molar refractivity (Wildman–Crippen MR) is 90.8 cm³/mol. The van der Waals surface area contributed by atoms with Gasteiger partial charge in [0.15, 0.2) is 0 Å². The molecule has 2 aromatic carbocycles. The zero-order valence-electron chi connectivity index (χ0n) is 14.0. The number of esters is 1. The second-order valence-corrected chi connectivity index (χ2v) is 6.56. The van der Waals surface area contributed by atoms with E-state index in [4.69, 9.17) is 0 Å². The number of carbonyl (C=O) groups is 3. The number of amides is 3. The predicted octanol–water partition coefficient (Wildman–Crippen LogP) is 3.81. The van der Waals surface area contributed by atoms with Crippen molar-refractivity contribution in [3.63, 3.8) is 0 Å². The maximum atomic E-state index is 13.7. The van der Waals surface area contributed by atoms with Crippen LogP contribution in [0.4, 0.5) is 32.4 Å². The Morgan fingerprint density at radius 2 is 1.59 bits per heavy atom. The van der Waals surface area contributed by atoms with Crippen molar-refractivity contribution in [3.8, 4) is 5.75 Å². The van der Waals surface area contributed by atoms with Crippen LogP contribution in [0.25, 0.3) is 0 Å². The zero-order valence-corrected chi connectivity index (χ0v) is 15.6. The van der Waals surface area contributed by atoms with Crippen molar-refractivity contribution in [1.29, 1.82) is 0 Å². The summed E-state index contributed by atoms with van der Waals surface area (Å²) in [6.45, 7) is -0.0145. The van der Waals surface area contributed by atoms with Crippen molar-refractivity contribution in [1.82, 2.24) is 5.32 Å². The minimum Gasteiger partial charge on any atom is -0.416 e. The number of ether oxygens (including phenoxy) is 1. The molecule has 0 bridgehead atoms. The van der Waals surface area contributed by atoms with Crippen molar-refractivity contribution in [2.24, 2.45) is 0 Å². The Balaban J connectivity index is 1.94. The minimum absolute atomic E-state index is 0.0145. The summed E-state index contributed by atoms with van der Waals surface area (Å²) in [6.07, 6.45) is -0.0165. The number of carbonyl (C=O) groups excluding carboxylic acids is 3. The summed E-state index contributed by atoms with van der Waals surface area (Å²) in [4.78, 5) is 36.6. The first-order valence-corrected chi connectivity index (χ1v) is 8.55. The fraction of sp³-hybridized carbons (Fsp3) is 0.118. The first-order valence-electron chi connectivity index (χ1n) is 7.76. The number of nitrogens with zero attached hydrogens (tertiary/aromatic N) is 1. The highest BCUT2D eigenvalue weighted by Crippen LogP contribution is 2.32. The van der Waals surface area contributed by atoms with E-state index in [1.54, 1.807) is 0 Å². The number of rotatable bonds is 3. The maximum Gasteiger partial charge on any atom is 0.343 e. The molecule has 1 N–H and O–H groups in total. The van der Waals surface area contributed by atoms with Crippen LogP contribution < -0.4 is 15.0 Å². The van der Waals surface area contributed by atoms with E-state index in [-0.39, 0.29) is 24.2 Å². The molecule has 3 amide bonds. The van der Waals surface area contributed by atoms with Crippen LogP contribution in [-0.4, -0.2) is 24.5 Å². The normalized spacial score (nSPS) is 14.1. The lowest BCUT2D eigenvalue weighted by molar-refractivity contribution is -0.120. The van der Waals surface area contributed by atoms with Gasteiger partial charge in [0.1, 0.15) is 0 Å². The van der Waals surface area contributed by atoms with Crippen molar-refractivity contribution >= 4 is 39.5 Å². The molecule has 29 heavy (non-hydrogen) atoms. The fourth-order valence-electron chi connectivity index (χ4n) is 2.47. The Hall–Kier alpha value is -3.02. The summed E-state index contributed by atoms with van der Waals surface area (Å²) in [6, 6.07) is 2.75. The van der Waals surface area contributed by atoms with Crippen LogP contribution in [0.2, 0.25) is 0 Å². The number of anilines is 1. The van der Waals surface area contributed by atoms with Crippen LogP contribution in [0.1, 0.15) is 16.8 Å². The van der Waals surface area contributed by atoms with Crippen LogP contribution >= 0.6 is 15.9 Å². The number of halogens is 6. The third kappa shape index (κ3) is 3.79. The van der Waals surface area contributed by atoms with Gasteiger partial charge in [-0.3, -0.25) is 15.0 Å². The van der Waals surface area contributed by atoms with Crippen molar-refractivity contribution < 1.29 is 41.1 Å². The van der Waals surface area contributed by atoms with Crippen molar-refractivity contribution in [3.05, 3.63) is 57.3 Å².